The van der Waals surface area contributed by atoms with Crippen LogP contribution in [0.5, 0.6) is 0 Å². The summed E-state index contributed by atoms with van der Waals surface area (Å²) < 4.78 is 1.92. The van der Waals surface area contributed by atoms with Crippen LogP contribution in [0, 0.1) is 12.3 Å². The number of hydrogen-bond acceptors (Lipinski definition) is 3. The van der Waals surface area contributed by atoms with E-state index in [2.05, 4.69) is 10.9 Å². The first-order chi connectivity index (χ1) is 11.8. The van der Waals surface area contributed by atoms with Crippen LogP contribution in [0.4, 0.5) is 0 Å². The molecular weight excluding hydrogens is 298 g/mol. The minimum absolute atomic E-state index is 0.387. The van der Waals surface area contributed by atoms with E-state index in [1.807, 2.05) is 53.1 Å². The zero-order valence-corrected chi connectivity index (χ0v) is 12.8. The van der Waals surface area contributed by atoms with E-state index in [0.29, 0.717) is 12.2 Å². The van der Waals surface area contributed by atoms with Gasteiger partial charge in [0.2, 0.25) is 0 Å². The van der Waals surface area contributed by atoms with E-state index >= 15 is 0 Å². The van der Waals surface area contributed by atoms with Crippen LogP contribution in [-0.4, -0.2) is 21.5 Å². The Hall–Kier alpha value is -3.45. The maximum absolute atomic E-state index is 11.3. The van der Waals surface area contributed by atoms with Crippen molar-refractivity contribution in [2.45, 2.75) is 6.54 Å². The van der Waals surface area contributed by atoms with Gasteiger partial charge in [0, 0.05) is 16.7 Å². The third-order valence-corrected chi connectivity index (χ3v) is 4.12. The highest BCUT2D eigenvalue weighted by molar-refractivity contribution is 6.15. The van der Waals surface area contributed by atoms with Crippen molar-refractivity contribution < 1.29 is 4.79 Å². The van der Waals surface area contributed by atoms with E-state index in [1.54, 1.807) is 6.33 Å². The number of aldehydes is 1. The molecule has 4 nitrogen and oxygen atoms in total. The summed E-state index contributed by atoms with van der Waals surface area (Å²) in [5.41, 5.74) is 5.72. The highest BCUT2D eigenvalue weighted by Gasteiger charge is 2.21. The normalized spacial score (nSPS) is 12.4. The molecule has 1 aliphatic rings. The molecule has 0 amide bonds. The topological polar surface area (TPSA) is 47.2 Å². The number of aromatic nitrogens is 2. The molecule has 1 aromatic heterocycles. The predicted octanol–water partition coefficient (Wildman–Crippen LogP) is 3.02. The lowest BCUT2D eigenvalue weighted by Crippen LogP contribution is -2.07. The minimum atomic E-state index is 0.387. The van der Waals surface area contributed by atoms with Crippen molar-refractivity contribution in [2.24, 2.45) is 4.99 Å². The van der Waals surface area contributed by atoms with Crippen LogP contribution in [0.1, 0.15) is 32.9 Å². The molecule has 0 saturated carbocycles. The molecule has 2 aromatic carbocycles. The molecule has 0 radical (unpaired) electrons. The molecule has 0 atom stereocenters. The first kappa shape index (κ1) is 14.2. The van der Waals surface area contributed by atoms with Crippen molar-refractivity contribution in [3.63, 3.8) is 0 Å². The Morgan fingerprint density at radius 3 is 2.75 bits per heavy atom. The number of nitrogens with zero attached hydrogens (tertiary/aromatic N) is 3. The number of hydrogen-bond donors (Lipinski definition) is 0. The van der Waals surface area contributed by atoms with Crippen molar-refractivity contribution in [3.8, 4) is 18.0 Å². The molecule has 0 saturated heterocycles. The third-order valence-electron chi connectivity index (χ3n) is 4.12. The molecule has 1 aliphatic heterocycles. The van der Waals surface area contributed by atoms with E-state index in [-0.39, 0.29) is 0 Å². The average molecular weight is 311 g/mol. The van der Waals surface area contributed by atoms with Gasteiger partial charge in [-0.25, -0.2) is 4.98 Å². The van der Waals surface area contributed by atoms with Crippen molar-refractivity contribution >= 4 is 12.0 Å². The van der Waals surface area contributed by atoms with Crippen LogP contribution in [0.15, 0.2) is 59.9 Å². The van der Waals surface area contributed by atoms with Gasteiger partial charge in [-0.1, -0.05) is 36.3 Å². The van der Waals surface area contributed by atoms with Gasteiger partial charge in [0.15, 0.2) is 6.29 Å². The molecule has 4 heteroatoms. The molecule has 4 rings (SSSR count). The van der Waals surface area contributed by atoms with Gasteiger partial charge < -0.3 is 0 Å². The Morgan fingerprint density at radius 2 is 2.00 bits per heavy atom. The first-order valence-electron chi connectivity index (χ1n) is 7.54. The van der Waals surface area contributed by atoms with Crippen LogP contribution in [0.25, 0.3) is 5.69 Å². The monoisotopic (exact) mass is 311 g/mol. The molecule has 0 bridgehead atoms. The van der Waals surface area contributed by atoms with Crippen LogP contribution < -0.4 is 0 Å². The molecule has 3 aromatic rings. The highest BCUT2D eigenvalue weighted by atomic mass is 16.1. The molecule has 0 fully saturated rings. The molecular formula is C20H13N3O. The van der Waals surface area contributed by atoms with Crippen molar-refractivity contribution in [2.75, 3.05) is 0 Å². The Balaban J connectivity index is 2.02. The average Bonchev–Trinajstić information content (AvgIpc) is 2.98. The smallest absolute Gasteiger partial charge is 0.170 e. The minimum Gasteiger partial charge on any atom is -0.300 e. The van der Waals surface area contributed by atoms with Crippen LogP contribution in [-0.2, 0) is 6.54 Å². The summed E-state index contributed by atoms with van der Waals surface area (Å²) in [6.07, 6.45) is 8.00. The number of carbonyl (C=O) groups excluding carboxylic acids is 1. The van der Waals surface area contributed by atoms with Crippen LogP contribution in [0.2, 0.25) is 0 Å². The largest absolute Gasteiger partial charge is 0.300 e. The maximum Gasteiger partial charge on any atom is 0.170 e. The summed E-state index contributed by atoms with van der Waals surface area (Å²) in [4.78, 5) is 20.2. The molecule has 2 heterocycles. The molecule has 0 spiro atoms. The fraction of sp³-hybridized carbons (Fsp3) is 0.0500. The Kier molecular flexibility index (Phi) is 3.33. The third kappa shape index (κ3) is 2.15. The summed E-state index contributed by atoms with van der Waals surface area (Å²) in [5, 5.41) is 0. The summed E-state index contributed by atoms with van der Waals surface area (Å²) in [7, 11) is 0. The molecule has 0 N–H and O–H groups in total. The van der Waals surface area contributed by atoms with E-state index < -0.39 is 0 Å². The summed E-state index contributed by atoms with van der Waals surface area (Å²) in [6.45, 7) is 0.387. The van der Waals surface area contributed by atoms with Crippen LogP contribution in [0.3, 0.4) is 0 Å². The number of rotatable bonds is 2. The van der Waals surface area contributed by atoms with Crippen LogP contribution >= 0.6 is 0 Å². The number of carbonyl (C=O) groups is 1. The van der Waals surface area contributed by atoms with E-state index in [4.69, 9.17) is 11.4 Å². The Morgan fingerprint density at radius 1 is 1.17 bits per heavy atom. The fourth-order valence-electron chi connectivity index (χ4n) is 2.96. The lowest BCUT2D eigenvalue weighted by Gasteiger charge is -2.12. The first-order valence-corrected chi connectivity index (χ1v) is 7.54. The SMILES string of the molecule is C#Cc1ccc2c(c1)C(c1ccccc1)=NCc1c(C=O)ncn1-2. The standard InChI is InChI=1S/C20H13N3O/c1-2-14-8-9-18-16(10-14)20(15-6-4-3-5-7-15)21-11-19-17(12-24)22-13-23(18)19/h1,3-10,12-13H,11H2. The second-order valence-corrected chi connectivity index (χ2v) is 5.47. The lowest BCUT2D eigenvalue weighted by molar-refractivity contribution is 0.111. The van der Waals surface area contributed by atoms with Gasteiger partial charge in [0.05, 0.1) is 23.6 Å². The number of aliphatic imine (C=N–C) groups is 1. The van der Waals surface area contributed by atoms with E-state index in [0.717, 1.165) is 40.1 Å². The van der Waals surface area contributed by atoms with Gasteiger partial charge in [0.1, 0.15) is 12.0 Å². The van der Waals surface area contributed by atoms with E-state index in [1.165, 1.54) is 0 Å². The van der Waals surface area contributed by atoms with Gasteiger partial charge >= 0.3 is 0 Å². The number of imidazole rings is 1. The zero-order valence-electron chi connectivity index (χ0n) is 12.8. The molecule has 0 unspecified atom stereocenters. The van der Waals surface area contributed by atoms with Crippen molar-refractivity contribution in [1.82, 2.24) is 9.55 Å². The molecule has 24 heavy (non-hydrogen) atoms. The van der Waals surface area contributed by atoms with Gasteiger partial charge in [-0.05, 0) is 18.2 Å². The quantitative estimate of drug-likeness (QED) is 0.539. The second kappa shape index (κ2) is 5.64. The Bertz CT molecular complexity index is 1010. The summed E-state index contributed by atoms with van der Waals surface area (Å²) in [6, 6.07) is 15.8. The van der Waals surface area contributed by atoms with Gasteiger partial charge in [0.25, 0.3) is 0 Å². The number of terminal acetylenes is 1. The predicted molar refractivity (Wildman–Crippen MR) is 92.7 cm³/mol. The molecule has 0 aliphatic carbocycles. The van der Waals surface area contributed by atoms with Gasteiger partial charge in [-0.2, -0.15) is 0 Å². The van der Waals surface area contributed by atoms with Crippen molar-refractivity contribution in [3.05, 3.63) is 82.9 Å². The van der Waals surface area contributed by atoms with E-state index in [9.17, 15) is 4.79 Å². The van der Waals surface area contributed by atoms with Gasteiger partial charge in [-0.3, -0.25) is 14.4 Å². The molecule has 114 valence electrons. The fourth-order valence-corrected chi connectivity index (χ4v) is 2.96. The number of fused-ring (bicyclic) bond motifs is 3. The summed E-state index contributed by atoms with van der Waals surface area (Å²) in [5.74, 6) is 2.67. The number of benzene rings is 2. The highest BCUT2D eigenvalue weighted by Crippen LogP contribution is 2.27. The lowest BCUT2D eigenvalue weighted by atomic mass is 9.98. The van der Waals surface area contributed by atoms with Gasteiger partial charge in [-0.15, -0.1) is 6.42 Å². The zero-order chi connectivity index (χ0) is 16.5. The second-order valence-electron chi connectivity index (χ2n) is 5.47. The van der Waals surface area contributed by atoms with Crippen molar-refractivity contribution in [1.29, 1.82) is 0 Å². The summed E-state index contributed by atoms with van der Waals surface area (Å²) >= 11 is 0. The maximum atomic E-state index is 11.3. The Labute approximate surface area is 139 Å².